The number of thioether (sulfide) groups is 1. The van der Waals surface area contributed by atoms with Gasteiger partial charge in [0.15, 0.2) is 0 Å². The van der Waals surface area contributed by atoms with E-state index in [4.69, 9.17) is 10.5 Å². The molecular formula is C13H20N2OS. The Balaban J connectivity index is 1.93. The van der Waals surface area contributed by atoms with E-state index in [0.717, 1.165) is 18.0 Å². The molecule has 1 heterocycles. The topological polar surface area (TPSA) is 47.3 Å². The van der Waals surface area contributed by atoms with E-state index in [0.29, 0.717) is 10.9 Å². The Morgan fingerprint density at radius 3 is 3.06 bits per heavy atom. The molecule has 0 aliphatic carbocycles. The van der Waals surface area contributed by atoms with Gasteiger partial charge >= 0.3 is 0 Å². The highest BCUT2D eigenvalue weighted by Gasteiger charge is 2.14. The molecule has 1 saturated heterocycles. The van der Waals surface area contributed by atoms with Crippen LogP contribution in [0.2, 0.25) is 0 Å². The molecule has 2 rings (SSSR count). The number of ether oxygens (including phenoxy) is 1. The van der Waals surface area contributed by atoms with Crippen molar-refractivity contribution in [1.82, 2.24) is 0 Å². The van der Waals surface area contributed by atoms with Crippen molar-refractivity contribution in [2.24, 2.45) is 0 Å². The van der Waals surface area contributed by atoms with Gasteiger partial charge < -0.3 is 15.8 Å². The van der Waals surface area contributed by atoms with E-state index >= 15 is 0 Å². The minimum atomic E-state index is 0.704. The van der Waals surface area contributed by atoms with E-state index in [9.17, 15) is 0 Å². The summed E-state index contributed by atoms with van der Waals surface area (Å²) in [6, 6.07) is 5.85. The van der Waals surface area contributed by atoms with Gasteiger partial charge in [0.1, 0.15) is 5.75 Å². The zero-order valence-corrected chi connectivity index (χ0v) is 11.1. The molecule has 94 valence electrons. The molecule has 1 aromatic rings. The summed E-state index contributed by atoms with van der Waals surface area (Å²) in [6.45, 7) is 0.988. The first kappa shape index (κ1) is 12.4. The molecule has 1 aromatic carbocycles. The number of nitrogens with two attached hydrogens (primary N) is 1. The number of methoxy groups -OCH3 is 1. The minimum Gasteiger partial charge on any atom is -0.495 e. The Bertz CT molecular complexity index is 364. The second kappa shape index (κ2) is 6.05. The van der Waals surface area contributed by atoms with Gasteiger partial charge in [-0.15, -0.1) is 0 Å². The van der Waals surface area contributed by atoms with Gasteiger partial charge in [-0.1, -0.05) is 12.5 Å². The third-order valence-electron chi connectivity index (χ3n) is 3.08. The lowest BCUT2D eigenvalue weighted by molar-refractivity contribution is 0.417. The number of para-hydroxylation sites is 1. The van der Waals surface area contributed by atoms with E-state index in [1.54, 1.807) is 7.11 Å². The predicted octanol–water partition coefficient (Wildman–Crippen LogP) is 2.98. The summed E-state index contributed by atoms with van der Waals surface area (Å²) in [5, 5.41) is 4.15. The van der Waals surface area contributed by atoms with Crippen molar-refractivity contribution >= 4 is 23.1 Å². The fraction of sp³-hybridized carbons (Fsp3) is 0.538. The van der Waals surface area contributed by atoms with E-state index in [1.165, 1.54) is 25.0 Å². The standard InChI is InChI=1S/C13H20N2OS/c1-16-12-7-4-6-11(13(12)14)15-9-10-5-2-3-8-17-10/h4,6-7,10,15H,2-3,5,8-9,14H2,1H3. The van der Waals surface area contributed by atoms with Crippen molar-refractivity contribution in [1.29, 1.82) is 0 Å². The molecule has 1 aliphatic heterocycles. The maximum Gasteiger partial charge on any atom is 0.143 e. The number of rotatable bonds is 4. The highest BCUT2D eigenvalue weighted by Crippen LogP contribution is 2.30. The van der Waals surface area contributed by atoms with Gasteiger partial charge in [-0.05, 0) is 30.7 Å². The van der Waals surface area contributed by atoms with Crippen LogP contribution in [0.25, 0.3) is 0 Å². The molecule has 0 spiro atoms. The molecule has 1 unspecified atom stereocenters. The monoisotopic (exact) mass is 252 g/mol. The quantitative estimate of drug-likeness (QED) is 0.809. The highest BCUT2D eigenvalue weighted by molar-refractivity contribution is 7.99. The summed E-state index contributed by atoms with van der Waals surface area (Å²) in [5.74, 6) is 2.03. The SMILES string of the molecule is COc1cccc(NCC2CCCCS2)c1N. The molecule has 1 fully saturated rings. The molecule has 0 radical (unpaired) electrons. The van der Waals surface area contributed by atoms with Crippen LogP contribution in [0.5, 0.6) is 5.75 Å². The highest BCUT2D eigenvalue weighted by atomic mass is 32.2. The van der Waals surface area contributed by atoms with Crippen LogP contribution in [-0.2, 0) is 0 Å². The molecule has 17 heavy (non-hydrogen) atoms. The lowest BCUT2D eigenvalue weighted by Crippen LogP contribution is -2.20. The van der Waals surface area contributed by atoms with Gasteiger partial charge in [0.05, 0.1) is 18.5 Å². The summed E-state index contributed by atoms with van der Waals surface area (Å²) >= 11 is 2.06. The maximum atomic E-state index is 6.02. The number of anilines is 2. The third kappa shape index (κ3) is 3.22. The van der Waals surface area contributed by atoms with E-state index in [-0.39, 0.29) is 0 Å². The Kier molecular flexibility index (Phi) is 4.42. The summed E-state index contributed by atoms with van der Waals surface area (Å²) in [6.07, 6.45) is 4.02. The van der Waals surface area contributed by atoms with E-state index in [1.807, 2.05) is 18.2 Å². The Hall–Kier alpha value is -1.03. The summed E-state index contributed by atoms with van der Waals surface area (Å²) in [7, 11) is 1.65. The number of hydrogen-bond donors (Lipinski definition) is 2. The van der Waals surface area contributed by atoms with Gasteiger partial charge in [-0.25, -0.2) is 0 Å². The van der Waals surface area contributed by atoms with Crippen molar-refractivity contribution in [2.45, 2.75) is 24.5 Å². The second-order valence-electron chi connectivity index (χ2n) is 4.29. The summed E-state index contributed by atoms with van der Waals surface area (Å²) < 4.78 is 5.21. The lowest BCUT2D eigenvalue weighted by atomic mass is 10.2. The van der Waals surface area contributed by atoms with E-state index in [2.05, 4.69) is 17.1 Å². The number of nitrogen functional groups attached to an aromatic ring is 1. The molecule has 0 saturated carbocycles. The maximum absolute atomic E-state index is 6.02. The van der Waals surface area contributed by atoms with Gasteiger partial charge in [-0.3, -0.25) is 0 Å². The smallest absolute Gasteiger partial charge is 0.143 e. The molecule has 1 aliphatic rings. The predicted molar refractivity (Wildman–Crippen MR) is 76.0 cm³/mol. The van der Waals surface area contributed by atoms with E-state index < -0.39 is 0 Å². The molecule has 0 amide bonds. The Labute approximate surface area is 107 Å². The van der Waals surface area contributed by atoms with Gasteiger partial charge in [0.2, 0.25) is 0 Å². The van der Waals surface area contributed by atoms with Crippen molar-refractivity contribution < 1.29 is 4.74 Å². The van der Waals surface area contributed by atoms with Crippen LogP contribution in [0.4, 0.5) is 11.4 Å². The van der Waals surface area contributed by atoms with Crippen LogP contribution in [0.3, 0.4) is 0 Å². The summed E-state index contributed by atoms with van der Waals surface area (Å²) in [4.78, 5) is 0. The molecular weight excluding hydrogens is 232 g/mol. The van der Waals surface area contributed by atoms with Crippen LogP contribution in [0, 0.1) is 0 Å². The first-order valence-corrected chi connectivity index (χ1v) is 7.14. The average Bonchev–Trinajstić information content (AvgIpc) is 2.39. The molecule has 3 nitrogen and oxygen atoms in total. The summed E-state index contributed by atoms with van der Waals surface area (Å²) in [5.41, 5.74) is 7.70. The van der Waals surface area contributed by atoms with Crippen LogP contribution >= 0.6 is 11.8 Å². The fourth-order valence-electron chi connectivity index (χ4n) is 2.07. The van der Waals surface area contributed by atoms with Crippen molar-refractivity contribution in [3.8, 4) is 5.75 Å². The van der Waals surface area contributed by atoms with Gasteiger partial charge in [0.25, 0.3) is 0 Å². The Morgan fingerprint density at radius 2 is 2.35 bits per heavy atom. The zero-order chi connectivity index (χ0) is 12.1. The fourth-order valence-corrected chi connectivity index (χ4v) is 3.31. The molecule has 3 N–H and O–H groups in total. The van der Waals surface area contributed by atoms with Crippen LogP contribution in [0.15, 0.2) is 18.2 Å². The molecule has 0 bridgehead atoms. The minimum absolute atomic E-state index is 0.704. The van der Waals surface area contributed by atoms with Crippen molar-refractivity contribution in [3.05, 3.63) is 18.2 Å². The molecule has 4 heteroatoms. The molecule has 0 aromatic heterocycles. The zero-order valence-electron chi connectivity index (χ0n) is 10.2. The van der Waals surface area contributed by atoms with Gasteiger partial charge in [-0.2, -0.15) is 11.8 Å². The van der Waals surface area contributed by atoms with Gasteiger partial charge in [0, 0.05) is 11.8 Å². The number of benzene rings is 1. The first-order valence-electron chi connectivity index (χ1n) is 6.09. The normalized spacial score (nSPS) is 19.9. The molecule has 1 atom stereocenters. The third-order valence-corrected chi connectivity index (χ3v) is 4.48. The Morgan fingerprint density at radius 1 is 1.47 bits per heavy atom. The van der Waals surface area contributed by atoms with Crippen LogP contribution in [0.1, 0.15) is 19.3 Å². The second-order valence-corrected chi connectivity index (χ2v) is 5.70. The first-order chi connectivity index (χ1) is 8.31. The number of hydrogen-bond acceptors (Lipinski definition) is 4. The largest absolute Gasteiger partial charge is 0.495 e. The van der Waals surface area contributed by atoms with Crippen LogP contribution < -0.4 is 15.8 Å². The van der Waals surface area contributed by atoms with Crippen LogP contribution in [-0.4, -0.2) is 24.7 Å². The van der Waals surface area contributed by atoms with Crippen molar-refractivity contribution in [2.75, 3.05) is 30.5 Å². The van der Waals surface area contributed by atoms with Crippen molar-refractivity contribution in [3.63, 3.8) is 0 Å². The average molecular weight is 252 g/mol. The number of nitrogens with one attached hydrogen (secondary N) is 1. The lowest BCUT2D eigenvalue weighted by Gasteiger charge is -2.22.